The minimum Gasteiger partial charge on any atom is -0.466 e. The molecule has 20 heavy (non-hydrogen) atoms. The molecule has 1 aromatic rings. The Bertz CT molecular complexity index is 469. The third kappa shape index (κ3) is 3.83. The highest BCUT2D eigenvalue weighted by molar-refractivity contribution is 5.76. The summed E-state index contributed by atoms with van der Waals surface area (Å²) in [6.07, 6.45) is 0.580. The van der Waals surface area contributed by atoms with E-state index in [1.807, 2.05) is 20.8 Å². The maximum atomic E-state index is 12.0. The molecule has 0 saturated heterocycles. The zero-order chi connectivity index (χ0) is 15.5. The maximum absolute atomic E-state index is 12.0. The molecule has 0 aliphatic rings. The van der Waals surface area contributed by atoms with Crippen LogP contribution in [0.1, 0.15) is 55.5 Å². The lowest BCUT2D eigenvalue weighted by molar-refractivity contribution is -0.154. The van der Waals surface area contributed by atoms with Crippen molar-refractivity contribution in [3.05, 3.63) is 34.4 Å². The molecule has 2 N–H and O–H groups in total. The van der Waals surface area contributed by atoms with E-state index < -0.39 is 5.41 Å². The summed E-state index contributed by atoms with van der Waals surface area (Å²) in [6.45, 7) is 12.2. The van der Waals surface area contributed by atoms with E-state index in [0.717, 1.165) is 5.56 Å². The molecule has 1 atom stereocenters. The van der Waals surface area contributed by atoms with Crippen LogP contribution in [0, 0.1) is 26.2 Å². The lowest BCUT2D eigenvalue weighted by Crippen LogP contribution is -2.31. The van der Waals surface area contributed by atoms with Gasteiger partial charge in [-0.05, 0) is 64.7 Å². The molecule has 3 heteroatoms. The van der Waals surface area contributed by atoms with Gasteiger partial charge in [-0.2, -0.15) is 0 Å². The topological polar surface area (TPSA) is 52.3 Å². The minimum atomic E-state index is -0.570. The Morgan fingerprint density at radius 3 is 2.20 bits per heavy atom. The molecule has 0 radical (unpaired) electrons. The molecular weight excluding hydrogens is 250 g/mol. The lowest BCUT2D eigenvalue weighted by atomic mass is 9.81. The molecule has 0 spiro atoms. The van der Waals surface area contributed by atoms with Crippen LogP contribution in [0.5, 0.6) is 0 Å². The SMILES string of the molecule is CCOC(=O)C(C)(C)CC(N)c1c(C)cc(C)cc1C. The van der Waals surface area contributed by atoms with Crippen LogP contribution in [-0.2, 0) is 9.53 Å². The first kappa shape index (κ1) is 16.7. The summed E-state index contributed by atoms with van der Waals surface area (Å²) in [5.74, 6) is -0.183. The Kier molecular flexibility index (Phi) is 5.35. The number of esters is 1. The van der Waals surface area contributed by atoms with Gasteiger partial charge < -0.3 is 10.5 Å². The van der Waals surface area contributed by atoms with E-state index in [2.05, 4.69) is 32.9 Å². The molecule has 0 amide bonds. The average molecular weight is 277 g/mol. The van der Waals surface area contributed by atoms with Crippen molar-refractivity contribution in [2.75, 3.05) is 6.61 Å². The number of carbonyl (C=O) groups excluding carboxylic acids is 1. The fourth-order valence-corrected chi connectivity index (χ4v) is 2.84. The van der Waals surface area contributed by atoms with Gasteiger partial charge in [0.05, 0.1) is 12.0 Å². The number of ether oxygens (including phenoxy) is 1. The van der Waals surface area contributed by atoms with Crippen molar-refractivity contribution in [2.45, 2.75) is 54.0 Å². The van der Waals surface area contributed by atoms with Crippen molar-refractivity contribution in [3.8, 4) is 0 Å². The van der Waals surface area contributed by atoms with Gasteiger partial charge in [-0.1, -0.05) is 17.7 Å². The molecule has 112 valence electrons. The van der Waals surface area contributed by atoms with Gasteiger partial charge in [0.2, 0.25) is 0 Å². The summed E-state index contributed by atoms with van der Waals surface area (Å²) in [7, 11) is 0. The molecule has 3 nitrogen and oxygen atoms in total. The molecule has 0 aromatic heterocycles. The number of carbonyl (C=O) groups is 1. The number of hydrogen-bond acceptors (Lipinski definition) is 3. The van der Waals surface area contributed by atoms with E-state index in [9.17, 15) is 4.79 Å². The van der Waals surface area contributed by atoms with Crippen molar-refractivity contribution in [2.24, 2.45) is 11.1 Å². The van der Waals surface area contributed by atoms with Gasteiger partial charge in [-0.15, -0.1) is 0 Å². The van der Waals surface area contributed by atoms with Gasteiger partial charge in [0.15, 0.2) is 0 Å². The zero-order valence-electron chi connectivity index (χ0n) is 13.5. The Morgan fingerprint density at radius 2 is 1.75 bits per heavy atom. The summed E-state index contributed by atoms with van der Waals surface area (Å²) in [4.78, 5) is 12.0. The van der Waals surface area contributed by atoms with Crippen LogP contribution in [0.3, 0.4) is 0 Å². The number of benzene rings is 1. The van der Waals surface area contributed by atoms with E-state index >= 15 is 0 Å². The van der Waals surface area contributed by atoms with E-state index in [0.29, 0.717) is 13.0 Å². The first-order valence-corrected chi connectivity index (χ1v) is 7.19. The highest BCUT2D eigenvalue weighted by Gasteiger charge is 2.32. The van der Waals surface area contributed by atoms with Gasteiger partial charge in [0, 0.05) is 6.04 Å². The first-order valence-electron chi connectivity index (χ1n) is 7.19. The van der Waals surface area contributed by atoms with Crippen LogP contribution in [0.2, 0.25) is 0 Å². The molecule has 0 fully saturated rings. The monoisotopic (exact) mass is 277 g/mol. The Balaban J connectivity index is 2.97. The maximum Gasteiger partial charge on any atom is 0.311 e. The fraction of sp³-hybridized carbons (Fsp3) is 0.588. The smallest absolute Gasteiger partial charge is 0.311 e. The van der Waals surface area contributed by atoms with Crippen molar-refractivity contribution in [1.82, 2.24) is 0 Å². The molecule has 0 heterocycles. The van der Waals surface area contributed by atoms with Gasteiger partial charge in [-0.3, -0.25) is 4.79 Å². The van der Waals surface area contributed by atoms with E-state index in [4.69, 9.17) is 10.5 Å². The summed E-state index contributed by atoms with van der Waals surface area (Å²) >= 11 is 0. The first-order chi connectivity index (χ1) is 9.19. The van der Waals surface area contributed by atoms with Gasteiger partial charge in [0.25, 0.3) is 0 Å². The Hall–Kier alpha value is -1.35. The highest BCUT2D eigenvalue weighted by atomic mass is 16.5. The highest BCUT2D eigenvalue weighted by Crippen LogP contribution is 2.33. The minimum absolute atomic E-state index is 0.157. The fourth-order valence-electron chi connectivity index (χ4n) is 2.84. The number of nitrogens with two attached hydrogens (primary N) is 1. The van der Waals surface area contributed by atoms with Crippen LogP contribution in [0.25, 0.3) is 0 Å². The summed E-state index contributed by atoms with van der Waals surface area (Å²) < 4.78 is 5.13. The molecule has 0 aliphatic carbocycles. The van der Waals surface area contributed by atoms with Crippen molar-refractivity contribution < 1.29 is 9.53 Å². The van der Waals surface area contributed by atoms with Crippen molar-refractivity contribution in [3.63, 3.8) is 0 Å². The van der Waals surface area contributed by atoms with Crippen LogP contribution in [-0.4, -0.2) is 12.6 Å². The van der Waals surface area contributed by atoms with E-state index in [1.54, 1.807) is 0 Å². The van der Waals surface area contributed by atoms with Gasteiger partial charge in [-0.25, -0.2) is 0 Å². The summed E-state index contributed by atoms with van der Waals surface area (Å²) in [5, 5.41) is 0. The van der Waals surface area contributed by atoms with Crippen LogP contribution < -0.4 is 5.73 Å². The zero-order valence-corrected chi connectivity index (χ0v) is 13.5. The van der Waals surface area contributed by atoms with E-state index in [1.165, 1.54) is 16.7 Å². The van der Waals surface area contributed by atoms with Gasteiger partial charge >= 0.3 is 5.97 Å². The Morgan fingerprint density at radius 1 is 1.25 bits per heavy atom. The lowest BCUT2D eigenvalue weighted by Gasteiger charge is -2.27. The normalized spacial score (nSPS) is 13.2. The molecule has 1 unspecified atom stereocenters. The predicted molar refractivity (Wildman–Crippen MR) is 82.6 cm³/mol. The number of hydrogen-bond donors (Lipinski definition) is 1. The molecule has 1 aromatic carbocycles. The molecular formula is C17H27NO2. The standard InChI is InChI=1S/C17H27NO2/c1-7-20-16(19)17(5,6)10-14(18)15-12(3)8-11(2)9-13(15)4/h8-9,14H,7,10,18H2,1-6H3. The third-order valence-corrected chi connectivity index (χ3v) is 3.67. The third-order valence-electron chi connectivity index (χ3n) is 3.67. The summed E-state index contributed by atoms with van der Waals surface area (Å²) in [6, 6.07) is 4.12. The second kappa shape index (κ2) is 6.40. The van der Waals surface area contributed by atoms with Gasteiger partial charge in [0.1, 0.15) is 0 Å². The van der Waals surface area contributed by atoms with Crippen LogP contribution in [0.15, 0.2) is 12.1 Å². The molecule has 0 bridgehead atoms. The Labute approximate surface area is 122 Å². The molecule has 0 saturated carbocycles. The predicted octanol–water partition coefficient (Wildman–Crippen LogP) is 3.59. The number of rotatable bonds is 5. The van der Waals surface area contributed by atoms with Crippen LogP contribution in [0.4, 0.5) is 0 Å². The number of aryl methyl sites for hydroxylation is 3. The average Bonchev–Trinajstić information content (AvgIpc) is 2.26. The summed E-state index contributed by atoms with van der Waals surface area (Å²) in [5.41, 5.74) is 10.6. The molecule has 1 rings (SSSR count). The van der Waals surface area contributed by atoms with Crippen molar-refractivity contribution in [1.29, 1.82) is 0 Å². The van der Waals surface area contributed by atoms with E-state index in [-0.39, 0.29) is 12.0 Å². The molecule has 0 aliphatic heterocycles. The van der Waals surface area contributed by atoms with Crippen molar-refractivity contribution >= 4 is 5.97 Å². The second-order valence-corrected chi connectivity index (χ2v) is 6.23. The largest absolute Gasteiger partial charge is 0.466 e. The second-order valence-electron chi connectivity index (χ2n) is 6.23. The quantitative estimate of drug-likeness (QED) is 0.837. The van der Waals surface area contributed by atoms with Crippen LogP contribution >= 0.6 is 0 Å².